The van der Waals surface area contributed by atoms with Crippen LogP contribution in [0.15, 0.2) is 17.0 Å². The van der Waals surface area contributed by atoms with Crippen LogP contribution in [0.3, 0.4) is 0 Å². The second-order valence-corrected chi connectivity index (χ2v) is 9.39. The topological polar surface area (TPSA) is 109 Å². The lowest BCUT2D eigenvalue weighted by Gasteiger charge is -2.26. The molecule has 0 spiro atoms. The van der Waals surface area contributed by atoms with Gasteiger partial charge >= 0.3 is 0 Å². The molecule has 0 radical (unpaired) electrons. The summed E-state index contributed by atoms with van der Waals surface area (Å²) in [6, 6.07) is 2.48. The third-order valence-electron chi connectivity index (χ3n) is 5.68. The Labute approximate surface area is 167 Å². The van der Waals surface area contributed by atoms with E-state index in [2.05, 4.69) is 6.92 Å². The van der Waals surface area contributed by atoms with E-state index in [1.165, 1.54) is 12.5 Å². The van der Waals surface area contributed by atoms with Crippen molar-refractivity contribution in [3.05, 3.63) is 23.3 Å². The van der Waals surface area contributed by atoms with E-state index in [9.17, 15) is 27.7 Å². The number of aldehydes is 1. The quantitative estimate of drug-likeness (QED) is 0.306. The molecule has 1 aliphatic carbocycles. The van der Waals surface area contributed by atoms with Crippen LogP contribution in [-0.2, 0) is 25.1 Å². The molecule has 0 amide bonds. The third-order valence-corrected chi connectivity index (χ3v) is 6.57. The monoisotopic (exact) mass is 410 g/mol. The van der Waals surface area contributed by atoms with Gasteiger partial charge in [0.25, 0.3) is 10.1 Å². The molecule has 1 aromatic rings. The van der Waals surface area contributed by atoms with Crippen LogP contribution in [0.25, 0.3) is 0 Å². The highest BCUT2D eigenvalue weighted by atomic mass is 32.2. The molecule has 1 aromatic carbocycles. The number of unbranched alkanes of at least 4 members (excludes halogenated alkanes) is 5. The molecule has 7 heteroatoms. The molecule has 1 aliphatic rings. The number of carbonyl (C=O) groups excluding carboxylic acids is 2. The van der Waals surface area contributed by atoms with Gasteiger partial charge in [0, 0.05) is 17.9 Å². The maximum atomic E-state index is 13.0. The Morgan fingerprint density at radius 1 is 1.14 bits per heavy atom. The fraction of sp³-hybridized carbons (Fsp3) is 0.619. The molecule has 0 heterocycles. The van der Waals surface area contributed by atoms with E-state index < -0.39 is 32.1 Å². The Balaban J connectivity index is 2.23. The first kappa shape index (κ1) is 22.6. The average molecular weight is 411 g/mol. The van der Waals surface area contributed by atoms with Crippen LogP contribution in [0.2, 0.25) is 0 Å². The van der Waals surface area contributed by atoms with Crippen molar-refractivity contribution in [1.29, 1.82) is 0 Å². The summed E-state index contributed by atoms with van der Waals surface area (Å²) >= 11 is 0. The van der Waals surface area contributed by atoms with Crippen LogP contribution in [-0.4, -0.2) is 30.1 Å². The molecule has 0 aliphatic heterocycles. The fourth-order valence-corrected chi connectivity index (χ4v) is 4.94. The van der Waals surface area contributed by atoms with Gasteiger partial charge in [-0.1, -0.05) is 58.9 Å². The zero-order chi connectivity index (χ0) is 21.1. The Kier molecular flexibility index (Phi) is 7.04. The van der Waals surface area contributed by atoms with E-state index in [1.54, 1.807) is 0 Å². The second kappa shape index (κ2) is 8.74. The normalized spacial score (nSPS) is 19.3. The molecular weight excluding hydrogens is 380 g/mol. The molecule has 2 atom stereocenters. The third kappa shape index (κ3) is 4.15. The molecule has 0 saturated carbocycles. The van der Waals surface area contributed by atoms with Crippen molar-refractivity contribution >= 4 is 22.2 Å². The molecule has 2 rings (SSSR count). The highest BCUT2D eigenvalue weighted by molar-refractivity contribution is 7.86. The van der Waals surface area contributed by atoms with Crippen molar-refractivity contribution < 1.29 is 27.7 Å². The average Bonchev–Trinajstić information content (AvgIpc) is 3.26. The number of phenolic OH excluding ortho intramolecular Hbond substituents is 1. The van der Waals surface area contributed by atoms with Crippen LogP contribution in [0.5, 0.6) is 5.75 Å². The van der Waals surface area contributed by atoms with Crippen LogP contribution in [0, 0.1) is 11.8 Å². The number of ketones is 1. The minimum absolute atomic E-state index is 0.0541. The summed E-state index contributed by atoms with van der Waals surface area (Å²) in [4.78, 5) is 24.4. The zero-order valence-corrected chi connectivity index (χ0v) is 17.6. The molecular formula is C21H30O6S. The first-order valence-electron chi connectivity index (χ1n) is 9.96. The van der Waals surface area contributed by atoms with Crippen LogP contribution in [0.1, 0.15) is 76.8 Å². The number of hydrogen-bond donors (Lipinski definition) is 2. The van der Waals surface area contributed by atoms with E-state index in [0.717, 1.165) is 38.2 Å². The summed E-state index contributed by atoms with van der Waals surface area (Å²) in [5, 5.41) is 10.4. The Morgan fingerprint density at radius 3 is 2.29 bits per heavy atom. The van der Waals surface area contributed by atoms with E-state index in [0.29, 0.717) is 18.3 Å². The van der Waals surface area contributed by atoms with Gasteiger partial charge in [0.2, 0.25) is 0 Å². The fourth-order valence-electron chi connectivity index (χ4n) is 4.35. The molecule has 2 N–H and O–H groups in total. The van der Waals surface area contributed by atoms with Gasteiger partial charge in [-0.05, 0) is 24.0 Å². The number of benzene rings is 1. The lowest BCUT2D eigenvalue weighted by Crippen LogP contribution is -2.35. The van der Waals surface area contributed by atoms with Gasteiger partial charge in [0.15, 0.2) is 0 Å². The highest BCUT2D eigenvalue weighted by Gasteiger charge is 2.61. The van der Waals surface area contributed by atoms with Crippen LogP contribution >= 0.6 is 0 Å². The summed E-state index contributed by atoms with van der Waals surface area (Å²) in [7, 11) is -4.62. The molecule has 2 unspecified atom stereocenters. The van der Waals surface area contributed by atoms with Crippen LogP contribution in [0.4, 0.5) is 0 Å². The number of rotatable bonds is 12. The number of carbonyl (C=O) groups is 2. The van der Waals surface area contributed by atoms with Gasteiger partial charge in [-0.3, -0.25) is 9.35 Å². The predicted molar refractivity (Wildman–Crippen MR) is 106 cm³/mol. The Morgan fingerprint density at radius 2 is 1.75 bits per heavy atom. The largest absolute Gasteiger partial charge is 0.506 e. The lowest BCUT2D eigenvalue weighted by molar-refractivity contribution is -0.128. The number of hydrogen-bond acceptors (Lipinski definition) is 5. The van der Waals surface area contributed by atoms with Crippen molar-refractivity contribution in [3.8, 4) is 5.75 Å². The summed E-state index contributed by atoms with van der Waals surface area (Å²) in [5.41, 5.74) is -0.699. The van der Waals surface area contributed by atoms with E-state index in [1.807, 2.05) is 13.8 Å². The second-order valence-electron chi connectivity index (χ2n) is 8.00. The van der Waals surface area contributed by atoms with Crippen molar-refractivity contribution in [2.75, 3.05) is 0 Å². The van der Waals surface area contributed by atoms with Crippen molar-refractivity contribution in [2.45, 2.75) is 76.0 Å². The number of phenols is 1. The molecule has 0 bridgehead atoms. The van der Waals surface area contributed by atoms with Crippen molar-refractivity contribution in [1.82, 2.24) is 0 Å². The number of Topliss-reactive ketones (excluding diaryl/α,β-unsaturated/α-hetero) is 1. The van der Waals surface area contributed by atoms with Crippen molar-refractivity contribution in [2.24, 2.45) is 11.8 Å². The standard InChI is InChI=1S/C21H30O6S/c1-4-5-6-7-8-9-10-16(23)18(14(2)3)21(13-22)15-11-12-17(28(25,26)27)20(24)19(15)21/h11-14,18,24H,4-10H2,1-3H3,(H,25,26,27). The minimum atomic E-state index is -4.62. The van der Waals surface area contributed by atoms with E-state index >= 15 is 0 Å². The maximum absolute atomic E-state index is 13.0. The maximum Gasteiger partial charge on any atom is 0.298 e. The molecule has 6 nitrogen and oxygen atoms in total. The molecule has 0 saturated heterocycles. The number of aromatic hydroxyl groups is 1. The highest BCUT2D eigenvalue weighted by Crippen LogP contribution is 2.60. The number of fused-ring (bicyclic) bond motifs is 1. The Hall–Kier alpha value is -1.73. The van der Waals surface area contributed by atoms with Gasteiger partial charge in [-0.2, -0.15) is 8.42 Å². The van der Waals surface area contributed by atoms with Gasteiger partial charge in [0.05, 0.1) is 5.41 Å². The smallest absolute Gasteiger partial charge is 0.298 e. The van der Waals surface area contributed by atoms with E-state index in [4.69, 9.17) is 0 Å². The summed E-state index contributed by atoms with van der Waals surface area (Å²) < 4.78 is 32.2. The predicted octanol–water partition coefficient (Wildman–Crippen LogP) is 4.03. The summed E-state index contributed by atoms with van der Waals surface area (Å²) in [5.74, 6) is -1.52. The first-order valence-corrected chi connectivity index (χ1v) is 11.4. The Bertz CT molecular complexity index is 843. The first-order chi connectivity index (χ1) is 13.1. The van der Waals surface area contributed by atoms with Crippen LogP contribution < -0.4 is 0 Å². The van der Waals surface area contributed by atoms with Gasteiger partial charge in [-0.25, -0.2) is 0 Å². The van der Waals surface area contributed by atoms with E-state index in [-0.39, 0.29) is 17.3 Å². The summed E-state index contributed by atoms with van der Waals surface area (Å²) in [6.07, 6.45) is 7.25. The molecule has 0 fully saturated rings. The lowest BCUT2D eigenvalue weighted by atomic mass is 9.74. The minimum Gasteiger partial charge on any atom is -0.506 e. The van der Waals surface area contributed by atoms with Gasteiger partial charge in [-0.15, -0.1) is 0 Å². The van der Waals surface area contributed by atoms with Gasteiger partial charge < -0.3 is 9.90 Å². The van der Waals surface area contributed by atoms with Crippen molar-refractivity contribution in [3.63, 3.8) is 0 Å². The molecule has 156 valence electrons. The SMILES string of the molecule is CCCCCCCCC(=O)C(C(C)C)C1(C=O)c2ccc(S(=O)(=O)O)c(O)c21. The zero-order valence-electron chi connectivity index (χ0n) is 16.8. The molecule has 0 aromatic heterocycles. The molecule has 28 heavy (non-hydrogen) atoms. The van der Waals surface area contributed by atoms with Gasteiger partial charge in [0.1, 0.15) is 22.7 Å². The summed E-state index contributed by atoms with van der Waals surface area (Å²) in [6.45, 7) is 5.83.